The van der Waals surface area contributed by atoms with Gasteiger partial charge in [-0.2, -0.15) is 0 Å². The van der Waals surface area contributed by atoms with E-state index >= 15 is 0 Å². The Balaban J connectivity index is 1.61. The van der Waals surface area contributed by atoms with Crippen LogP contribution in [0.4, 0.5) is 5.82 Å². The smallest absolute Gasteiger partial charge is 0.253 e. The minimum Gasteiger partial charge on any atom is -0.496 e. The number of para-hydroxylation sites is 1. The van der Waals surface area contributed by atoms with Gasteiger partial charge >= 0.3 is 0 Å². The average Bonchev–Trinajstić information content (AvgIpc) is 2.76. The van der Waals surface area contributed by atoms with Crippen molar-refractivity contribution in [3.05, 3.63) is 83.8 Å². The van der Waals surface area contributed by atoms with Gasteiger partial charge in [-0.3, -0.25) is 9.78 Å². The fourth-order valence-electron chi connectivity index (χ4n) is 2.86. The molecular formula is C22H24N4O2. The molecule has 0 aliphatic rings. The standard InChI is InChI=1S/C22H24N4O2/c1-26(14-10-17-7-11-23-12-8-17)22(27)18-9-13-24-21(15-18)25-16-19-5-3-4-6-20(19)28-2/h3-9,11-13,15H,10,14,16H2,1-2H3,(H,24,25). The van der Waals surface area contributed by atoms with Crippen molar-refractivity contribution < 1.29 is 9.53 Å². The SMILES string of the molecule is COc1ccccc1CNc1cc(C(=O)N(C)CCc2ccncc2)ccn1. The number of hydrogen-bond donors (Lipinski definition) is 1. The van der Waals surface area contributed by atoms with E-state index in [-0.39, 0.29) is 5.91 Å². The summed E-state index contributed by atoms with van der Waals surface area (Å²) in [6.45, 7) is 1.20. The fourth-order valence-corrected chi connectivity index (χ4v) is 2.86. The number of nitrogens with one attached hydrogen (secondary N) is 1. The molecule has 0 aliphatic carbocycles. The molecule has 0 saturated carbocycles. The lowest BCUT2D eigenvalue weighted by Crippen LogP contribution is -2.29. The van der Waals surface area contributed by atoms with Crippen LogP contribution in [-0.4, -0.2) is 41.5 Å². The number of ether oxygens (including phenoxy) is 1. The first-order chi connectivity index (χ1) is 13.7. The summed E-state index contributed by atoms with van der Waals surface area (Å²) in [5.41, 5.74) is 2.79. The van der Waals surface area contributed by atoms with Crippen molar-refractivity contribution in [3.63, 3.8) is 0 Å². The van der Waals surface area contributed by atoms with E-state index in [9.17, 15) is 4.79 Å². The van der Waals surface area contributed by atoms with E-state index in [1.807, 2.05) is 43.4 Å². The van der Waals surface area contributed by atoms with Crippen molar-refractivity contribution >= 4 is 11.7 Å². The first-order valence-corrected chi connectivity index (χ1v) is 9.13. The van der Waals surface area contributed by atoms with Gasteiger partial charge in [0.15, 0.2) is 0 Å². The summed E-state index contributed by atoms with van der Waals surface area (Å²) in [5, 5.41) is 3.26. The Morgan fingerprint density at radius 3 is 2.68 bits per heavy atom. The summed E-state index contributed by atoms with van der Waals surface area (Å²) in [4.78, 5) is 22.8. The third-order valence-electron chi connectivity index (χ3n) is 4.49. The predicted octanol–water partition coefficient (Wildman–Crippen LogP) is 3.41. The van der Waals surface area contributed by atoms with Crippen LogP contribution in [0, 0.1) is 0 Å². The zero-order chi connectivity index (χ0) is 19.8. The zero-order valence-corrected chi connectivity index (χ0v) is 16.1. The molecule has 0 atom stereocenters. The number of rotatable bonds is 8. The molecule has 0 fully saturated rings. The van der Waals surface area contributed by atoms with Crippen molar-refractivity contribution in [2.24, 2.45) is 0 Å². The Bertz CT molecular complexity index is 915. The molecule has 0 aliphatic heterocycles. The normalized spacial score (nSPS) is 10.4. The molecule has 2 aromatic heterocycles. The van der Waals surface area contributed by atoms with Gasteiger partial charge in [-0.25, -0.2) is 4.98 Å². The molecule has 3 aromatic rings. The van der Waals surface area contributed by atoms with Gasteiger partial charge in [0.1, 0.15) is 11.6 Å². The maximum absolute atomic E-state index is 12.7. The Morgan fingerprint density at radius 2 is 1.89 bits per heavy atom. The highest BCUT2D eigenvalue weighted by atomic mass is 16.5. The van der Waals surface area contributed by atoms with Crippen molar-refractivity contribution in [1.29, 1.82) is 0 Å². The largest absolute Gasteiger partial charge is 0.496 e. The number of hydrogen-bond acceptors (Lipinski definition) is 5. The van der Waals surface area contributed by atoms with Crippen LogP contribution in [0.15, 0.2) is 67.1 Å². The molecule has 2 heterocycles. The Morgan fingerprint density at radius 1 is 1.11 bits per heavy atom. The fraction of sp³-hybridized carbons (Fsp3) is 0.227. The highest BCUT2D eigenvalue weighted by Crippen LogP contribution is 2.19. The van der Waals surface area contributed by atoms with Crippen LogP contribution < -0.4 is 10.1 Å². The van der Waals surface area contributed by atoms with Crippen molar-refractivity contribution in [1.82, 2.24) is 14.9 Å². The summed E-state index contributed by atoms with van der Waals surface area (Å²) in [6, 6.07) is 15.2. The number of carbonyl (C=O) groups is 1. The minimum absolute atomic E-state index is 0.0307. The molecule has 1 amide bonds. The lowest BCUT2D eigenvalue weighted by molar-refractivity contribution is 0.0796. The molecule has 0 bridgehead atoms. The van der Waals surface area contributed by atoms with Crippen molar-refractivity contribution in [2.75, 3.05) is 26.0 Å². The van der Waals surface area contributed by atoms with Crippen LogP contribution in [0.5, 0.6) is 5.75 Å². The second kappa shape index (κ2) is 9.50. The Labute approximate surface area is 165 Å². The monoisotopic (exact) mass is 376 g/mol. The molecule has 0 spiro atoms. The Hall–Kier alpha value is -3.41. The molecule has 1 N–H and O–H groups in total. The number of carbonyl (C=O) groups excluding carboxylic acids is 1. The van der Waals surface area contributed by atoms with E-state index in [1.165, 1.54) is 0 Å². The summed E-state index contributed by atoms with van der Waals surface area (Å²) in [7, 11) is 3.46. The molecule has 0 radical (unpaired) electrons. The maximum Gasteiger partial charge on any atom is 0.253 e. The quantitative estimate of drug-likeness (QED) is 0.653. The predicted molar refractivity (Wildman–Crippen MR) is 109 cm³/mol. The number of likely N-dealkylation sites (N-methyl/N-ethyl adjacent to an activating group) is 1. The van der Waals surface area contributed by atoms with Gasteiger partial charge in [0.25, 0.3) is 5.91 Å². The topological polar surface area (TPSA) is 67.3 Å². The number of nitrogens with zero attached hydrogens (tertiary/aromatic N) is 3. The molecule has 28 heavy (non-hydrogen) atoms. The van der Waals surface area contributed by atoms with Gasteiger partial charge in [-0.15, -0.1) is 0 Å². The summed E-state index contributed by atoms with van der Waals surface area (Å²) >= 11 is 0. The van der Waals surface area contributed by atoms with E-state index in [0.29, 0.717) is 24.5 Å². The maximum atomic E-state index is 12.7. The van der Waals surface area contributed by atoms with Crippen LogP contribution in [0.2, 0.25) is 0 Å². The zero-order valence-electron chi connectivity index (χ0n) is 16.1. The van der Waals surface area contributed by atoms with E-state index in [4.69, 9.17) is 4.74 Å². The number of methoxy groups -OCH3 is 1. The minimum atomic E-state index is -0.0307. The summed E-state index contributed by atoms with van der Waals surface area (Å²) in [5.74, 6) is 1.44. The van der Waals surface area contributed by atoms with Gasteiger partial charge in [0.05, 0.1) is 7.11 Å². The van der Waals surface area contributed by atoms with E-state index < -0.39 is 0 Å². The highest BCUT2D eigenvalue weighted by molar-refractivity contribution is 5.94. The molecule has 3 rings (SSSR count). The number of amides is 1. The van der Waals surface area contributed by atoms with Crippen LogP contribution in [0.1, 0.15) is 21.5 Å². The van der Waals surface area contributed by atoms with Crippen molar-refractivity contribution in [3.8, 4) is 5.75 Å². The van der Waals surface area contributed by atoms with Gasteiger partial charge in [0, 0.05) is 49.9 Å². The van der Waals surface area contributed by atoms with Crippen LogP contribution in [-0.2, 0) is 13.0 Å². The highest BCUT2D eigenvalue weighted by Gasteiger charge is 2.13. The van der Waals surface area contributed by atoms with Gasteiger partial charge in [0.2, 0.25) is 0 Å². The first kappa shape index (κ1) is 19.4. The van der Waals surface area contributed by atoms with Crippen molar-refractivity contribution in [2.45, 2.75) is 13.0 Å². The molecule has 1 aromatic carbocycles. The summed E-state index contributed by atoms with van der Waals surface area (Å²) < 4.78 is 5.37. The third-order valence-corrected chi connectivity index (χ3v) is 4.49. The molecule has 144 valence electrons. The molecule has 6 nitrogen and oxygen atoms in total. The molecule has 6 heteroatoms. The van der Waals surface area contributed by atoms with Crippen LogP contribution in [0.3, 0.4) is 0 Å². The second-order valence-corrected chi connectivity index (χ2v) is 6.43. The number of aromatic nitrogens is 2. The molecule has 0 unspecified atom stereocenters. The Kier molecular flexibility index (Phi) is 6.57. The van der Waals surface area contributed by atoms with E-state index in [0.717, 1.165) is 23.3 Å². The average molecular weight is 376 g/mol. The van der Waals surface area contributed by atoms with Gasteiger partial charge in [-0.1, -0.05) is 18.2 Å². The van der Waals surface area contributed by atoms with E-state index in [2.05, 4.69) is 15.3 Å². The van der Waals surface area contributed by atoms with Gasteiger partial charge in [-0.05, 0) is 42.3 Å². The summed E-state index contributed by atoms with van der Waals surface area (Å²) in [6.07, 6.45) is 5.96. The number of benzene rings is 1. The number of anilines is 1. The number of pyridine rings is 2. The molecular weight excluding hydrogens is 352 g/mol. The van der Waals surface area contributed by atoms with Crippen LogP contribution in [0.25, 0.3) is 0 Å². The van der Waals surface area contributed by atoms with E-state index in [1.54, 1.807) is 42.7 Å². The lowest BCUT2D eigenvalue weighted by Gasteiger charge is -2.17. The third kappa shape index (κ3) is 5.07. The first-order valence-electron chi connectivity index (χ1n) is 9.13. The molecule has 0 saturated heterocycles. The van der Waals surface area contributed by atoms with Gasteiger partial charge < -0.3 is 15.0 Å². The second-order valence-electron chi connectivity index (χ2n) is 6.43. The van der Waals surface area contributed by atoms with Crippen LogP contribution >= 0.6 is 0 Å². The lowest BCUT2D eigenvalue weighted by atomic mass is 10.1.